The topological polar surface area (TPSA) is 71.8 Å². The minimum atomic E-state index is -0.0397. The van der Waals surface area contributed by atoms with E-state index in [1.54, 1.807) is 11.7 Å². The highest BCUT2D eigenvalue weighted by Gasteiger charge is 2.00. The summed E-state index contributed by atoms with van der Waals surface area (Å²) in [6.07, 6.45) is 1.48. The first-order valence-corrected chi connectivity index (χ1v) is 3.98. The molecule has 0 radical (unpaired) electrons. The smallest absolute Gasteiger partial charge is 0.233 e. The first kappa shape index (κ1) is 9.66. The maximum Gasteiger partial charge on any atom is 0.233 e. The quantitative estimate of drug-likeness (QED) is 0.605. The zero-order valence-corrected chi connectivity index (χ0v) is 7.74. The molecule has 13 heavy (non-hydrogen) atoms. The van der Waals surface area contributed by atoms with Gasteiger partial charge in [0.1, 0.15) is 12.2 Å². The zero-order valence-electron chi connectivity index (χ0n) is 7.74. The van der Waals surface area contributed by atoms with Gasteiger partial charge in [-0.2, -0.15) is 5.10 Å². The lowest BCUT2D eigenvalue weighted by Crippen LogP contribution is -2.31. The summed E-state index contributed by atoms with van der Waals surface area (Å²) in [5, 5.41) is 9.36. The van der Waals surface area contributed by atoms with E-state index in [2.05, 4.69) is 20.7 Å². The monoisotopic (exact) mass is 183 g/mol. The molecular weight excluding hydrogens is 170 g/mol. The molecule has 0 bridgehead atoms. The standard InChI is InChI=1S/C7H13N5O/c1-8-7(13)4-9-3-6-10-5-11-12(6)2/h5,9H,3-4H2,1-2H3,(H,8,13). The molecule has 0 saturated heterocycles. The van der Waals surface area contributed by atoms with Crippen molar-refractivity contribution in [2.75, 3.05) is 13.6 Å². The Hall–Kier alpha value is -1.43. The molecule has 1 aromatic rings. The molecule has 1 heterocycles. The second kappa shape index (κ2) is 4.56. The number of nitrogens with one attached hydrogen (secondary N) is 2. The SMILES string of the molecule is CNC(=O)CNCc1ncnn1C. The molecule has 2 N–H and O–H groups in total. The van der Waals surface area contributed by atoms with Gasteiger partial charge in [0.05, 0.1) is 13.1 Å². The third-order valence-electron chi connectivity index (χ3n) is 1.65. The summed E-state index contributed by atoms with van der Waals surface area (Å²) in [5.41, 5.74) is 0. The average Bonchev–Trinajstić information content (AvgIpc) is 2.52. The van der Waals surface area contributed by atoms with Gasteiger partial charge in [-0.25, -0.2) is 4.98 Å². The fourth-order valence-corrected chi connectivity index (χ4v) is 0.856. The zero-order chi connectivity index (χ0) is 9.68. The highest BCUT2D eigenvalue weighted by molar-refractivity contribution is 5.77. The van der Waals surface area contributed by atoms with Crippen LogP contribution in [0.5, 0.6) is 0 Å². The minimum absolute atomic E-state index is 0.0397. The van der Waals surface area contributed by atoms with Crippen LogP contribution in [-0.4, -0.2) is 34.3 Å². The van der Waals surface area contributed by atoms with Gasteiger partial charge in [0, 0.05) is 14.1 Å². The van der Waals surface area contributed by atoms with Crippen LogP contribution in [0, 0.1) is 0 Å². The summed E-state index contributed by atoms with van der Waals surface area (Å²) in [6.45, 7) is 0.841. The van der Waals surface area contributed by atoms with Crippen LogP contribution < -0.4 is 10.6 Å². The summed E-state index contributed by atoms with van der Waals surface area (Å²) >= 11 is 0. The summed E-state index contributed by atoms with van der Waals surface area (Å²) in [4.78, 5) is 14.8. The van der Waals surface area contributed by atoms with Gasteiger partial charge in [0.15, 0.2) is 0 Å². The van der Waals surface area contributed by atoms with Crippen molar-refractivity contribution in [3.8, 4) is 0 Å². The van der Waals surface area contributed by atoms with Crippen molar-refractivity contribution in [2.45, 2.75) is 6.54 Å². The summed E-state index contributed by atoms with van der Waals surface area (Å²) in [6, 6.07) is 0. The molecule has 1 rings (SSSR count). The molecule has 1 aromatic heterocycles. The Morgan fingerprint density at radius 2 is 2.46 bits per heavy atom. The number of hydrogen-bond donors (Lipinski definition) is 2. The van der Waals surface area contributed by atoms with E-state index in [0.717, 1.165) is 5.82 Å². The van der Waals surface area contributed by atoms with E-state index < -0.39 is 0 Å². The van der Waals surface area contributed by atoms with Crippen LogP contribution in [-0.2, 0) is 18.4 Å². The molecule has 0 fully saturated rings. The van der Waals surface area contributed by atoms with Crippen LogP contribution in [0.4, 0.5) is 0 Å². The molecule has 6 nitrogen and oxygen atoms in total. The molecule has 0 spiro atoms. The number of aryl methyl sites for hydroxylation is 1. The van der Waals surface area contributed by atoms with E-state index in [9.17, 15) is 4.79 Å². The van der Waals surface area contributed by atoms with Crippen LogP contribution in [0.3, 0.4) is 0 Å². The van der Waals surface area contributed by atoms with Gasteiger partial charge in [-0.05, 0) is 0 Å². The number of aromatic nitrogens is 3. The lowest BCUT2D eigenvalue weighted by atomic mass is 10.5. The van der Waals surface area contributed by atoms with Gasteiger partial charge in [-0.1, -0.05) is 0 Å². The maximum atomic E-state index is 10.8. The van der Waals surface area contributed by atoms with Gasteiger partial charge >= 0.3 is 0 Å². The molecular formula is C7H13N5O. The molecule has 6 heteroatoms. The molecule has 0 aliphatic heterocycles. The number of hydrogen-bond acceptors (Lipinski definition) is 4. The van der Waals surface area contributed by atoms with Crippen LogP contribution in [0.2, 0.25) is 0 Å². The molecule has 72 valence electrons. The molecule has 0 aromatic carbocycles. The van der Waals surface area contributed by atoms with E-state index in [1.165, 1.54) is 6.33 Å². The van der Waals surface area contributed by atoms with Gasteiger partial charge < -0.3 is 10.6 Å². The third-order valence-corrected chi connectivity index (χ3v) is 1.65. The average molecular weight is 183 g/mol. The fraction of sp³-hybridized carbons (Fsp3) is 0.571. The van der Waals surface area contributed by atoms with Crippen LogP contribution in [0.25, 0.3) is 0 Å². The molecule has 1 amide bonds. The first-order valence-electron chi connectivity index (χ1n) is 3.98. The van der Waals surface area contributed by atoms with Crippen LogP contribution in [0.15, 0.2) is 6.33 Å². The number of likely N-dealkylation sites (N-methyl/N-ethyl adjacent to an activating group) is 1. The predicted molar refractivity (Wildman–Crippen MR) is 46.8 cm³/mol. The van der Waals surface area contributed by atoms with Crippen molar-refractivity contribution in [2.24, 2.45) is 7.05 Å². The Labute approximate surface area is 76.3 Å². The Morgan fingerprint density at radius 3 is 3.00 bits per heavy atom. The van der Waals surface area contributed by atoms with Crippen molar-refractivity contribution < 1.29 is 4.79 Å². The van der Waals surface area contributed by atoms with Crippen molar-refractivity contribution in [1.82, 2.24) is 25.4 Å². The summed E-state index contributed by atoms with van der Waals surface area (Å²) in [5.74, 6) is 0.770. The summed E-state index contributed by atoms with van der Waals surface area (Å²) < 4.78 is 1.66. The highest BCUT2D eigenvalue weighted by Crippen LogP contribution is 1.87. The minimum Gasteiger partial charge on any atom is -0.358 e. The molecule has 0 unspecified atom stereocenters. The third kappa shape index (κ3) is 2.83. The molecule has 0 atom stereocenters. The van der Waals surface area contributed by atoms with E-state index >= 15 is 0 Å². The second-order valence-corrected chi connectivity index (χ2v) is 2.58. The second-order valence-electron chi connectivity index (χ2n) is 2.58. The van der Waals surface area contributed by atoms with Gasteiger partial charge in [-0.15, -0.1) is 0 Å². The normalized spacial score (nSPS) is 10.0. The van der Waals surface area contributed by atoms with E-state index in [1.807, 2.05) is 7.05 Å². The lowest BCUT2D eigenvalue weighted by molar-refractivity contribution is -0.119. The molecule has 0 aliphatic rings. The van der Waals surface area contributed by atoms with Gasteiger partial charge in [-0.3, -0.25) is 9.48 Å². The van der Waals surface area contributed by atoms with Crippen molar-refractivity contribution in [3.05, 3.63) is 12.2 Å². The number of rotatable bonds is 4. The first-order chi connectivity index (χ1) is 6.24. The Morgan fingerprint density at radius 1 is 1.69 bits per heavy atom. The maximum absolute atomic E-state index is 10.8. The number of nitrogens with zero attached hydrogens (tertiary/aromatic N) is 3. The Balaban J connectivity index is 2.28. The number of carbonyl (C=O) groups is 1. The number of carbonyl (C=O) groups excluding carboxylic acids is 1. The van der Waals surface area contributed by atoms with Gasteiger partial charge in [0.25, 0.3) is 0 Å². The van der Waals surface area contributed by atoms with E-state index in [-0.39, 0.29) is 5.91 Å². The van der Waals surface area contributed by atoms with Crippen molar-refractivity contribution >= 4 is 5.91 Å². The van der Waals surface area contributed by atoms with Crippen LogP contribution in [0.1, 0.15) is 5.82 Å². The van der Waals surface area contributed by atoms with Crippen molar-refractivity contribution in [3.63, 3.8) is 0 Å². The molecule has 0 aliphatic carbocycles. The highest BCUT2D eigenvalue weighted by atomic mass is 16.1. The number of amides is 1. The van der Waals surface area contributed by atoms with Crippen molar-refractivity contribution in [1.29, 1.82) is 0 Å². The fourth-order valence-electron chi connectivity index (χ4n) is 0.856. The van der Waals surface area contributed by atoms with Gasteiger partial charge in [0.2, 0.25) is 5.91 Å². The van der Waals surface area contributed by atoms with E-state index in [4.69, 9.17) is 0 Å². The molecule has 0 saturated carbocycles. The Bertz CT molecular complexity index is 282. The Kier molecular flexibility index (Phi) is 3.39. The largest absolute Gasteiger partial charge is 0.358 e. The lowest BCUT2D eigenvalue weighted by Gasteiger charge is -2.02. The summed E-state index contributed by atoms with van der Waals surface area (Å²) in [7, 11) is 3.41. The van der Waals surface area contributed by atoms with Crippen LogP contribution >= 0.6 is 0 Å². The van der Waals surface area contributed by atoms with E-state index in [0.29, 0.717) is 13.1 Å². The predicted octanol–water partition coefficient (Wildman–Crippen LogP) is -1.35.